The van der Waals surface area contributed by atoms with Crippen LogP contribution in [0.15, 0.2) is 15.7 Å². The van der Waals surface area contributed by atoms with E-state index in [1.165, 1.54) is 6.07 Å². The van der Waals surface area contributed by atoms with Crippen molar-refractivity contribution in [3.05, 3.63) is 32.6 Å². The predicted octanol–water partition coefficient (Wildman–Crippen LogP) is -5.43. The highest BCUT2D eigenvalue weighted by Crippen LogP contribution is 2.33. The average Bonchev–Trinajstić information content (AvgIpc) is 2.95. The van der Waals surface area contributed by atoms with Crippen LogP contribution in [0.3, 0.4) is 0 Å². The normalized spacial score (nSPS) is 34.4. The Balaban J connectivity index is 0.00000182. The summed E-state index contributed by atoms with van der Waals surface area (Å²) < 4.78 is 2.27. The number of aliphatic hydroxyl groups is 2. The molecule has 9 nitrogen and oxygen atoms in total. The first-order valence-corrected chi connectivity index (χ1v) is 8.29. The third-order valence-corrected chi connectivity index (χ3v) is 5.54. The minimum Gasteiger partial charge on any atom is -1.00 e. The molecular formula is C15H22ClN5O4. The molecule has 6 atom stereocenters. The van der Waals surface area contributed by atoms with E-state index in [4.69, 9.17) is 0 Å². The van der Waals surface area contributed by atoms with Gasteiger partial charge in [0.1, 0.15) is 18.2 Å². The van der Waals surface area contributed by atoms with Gasteiger partial charge in [0.15, 0.2) is 0 Å². The molecule has 0 aromatic carbocycles. The lowest BCUT2D eigenvalue weighted by Gasteiger charge is -2.40. The van der Waals surface area contributed by atoms with E-state index >= 15 is 0 Å². The Hall–Kier alpha value is -1.84. The Morgan fingerprint density at radius 3 is 2.76 bits per heavy atom. The SMILES string of the molecule is C[C@@H]1[C@H]2CNC3=[N+]2[C@H](C[C@@H]1O)C[C@H]([C@@H](O)c1cc(=O)[nH]c(=O)[nH]1)N3.[Cl-]. The number of rotatable bonds is 2. The average molecular weight is 372 g/mol. The Morgan fingerprint density at radius 2 is 2.04 bits per heavy atom. The summed E-state index contributed by atoms with van der Waals surface area (Å²) in [6, 6.07) is 1.19. The van der Waals surface area contributed by atoms with E-state index in [-0.39, 0.29) is 48.2 Å². The molecule has 6 N–H and O–H groups in total. The molecule has 10 heteroatoms. The first-order chi connectivity index (χ1) is 11.4. The van der Waals surface area contributed by atoms with E-state index in [0.717, 1.165) is 12.5 Å². The maximum absolute atomic E-state index is 11.5. The third kappa shape index (κ3) is 2.96. The highest BCUT2D eigenvalue weighted by Gasteiger charge is 2.50. The standard InChI is InChI=1S/C15H21N5O4.ClH/c1-6-10-5-16-14-17-8(2-7(20(10)14)3-11(6)21)13(23)9-4-12(22)19-15(24)18-9;/h4,6-8,10-11,13,21,23H,2-3,5H2,1H3,(H3,16,17,18,19,22,24);1H/t6-,7+,8-,10-,11+,13-;/m1./s1. The lowest BCUT2D eigenvalue weighted by atomic mass is 9.82. The molecule has 4 heterocycles. The fourth-order valence-corrected chi connectivity index (χ4v) is 4.25. The van der Waals surface area contributed by atoms with Crippen LogP contribution in [0.5, 0.6) is 0 Å². The van der Waals surface area contributed by atoms with Gasteiger partial charge in [0.2, 0.25) is 0 Å². The van der Waals surface area contributed by atoms with Gasteiger partial charge in [0.25, 0.3) is 5.56 Å². The van der Waals surface area contributed by atoms with Gasteiger partial charge in [-0.05, 0) is 0 Å². The van der Waals surface area contributed by atoms with Crippen LogP contribution in [-0.2, 0) is 0 Å². The zero-order chi connectivity index (χ0) is 17.0. The summed E-state index contributed by atoms with van der Waals surface area (Å²) >= 11 is 0. The molecule has 0 bridgehead atoms. The van der Waals surface area contributed by atoms with Gasteiger partial charge in [0.05, 0.1) is 24.4 Å². The first kappa shape index (κ1) is 18.0. The number of guanidine groups is 1. The molecular weight excluding hydrogens is 350 g/mol. The van der Waals surface area contributed by atoms with Gasteiger partial charge in [-0.3, -0.25) is 25.0 Å². The minimum atomic E-state index is -1.02. The van der Waals surface area contributed by atoms with Gasteiger partial charge in [0, 0.05) is 24.8 Å². The molecule has 25 heavy (non-hydrogen) atoms. The summed E-state index contributed by atoms with van der Waals surface area (Å²) in [6.07, 6.45) is -0.138. The Bertz CT molecular complexity index is 777. The summed E-state index contributed by atoms with van der Waals surface area (Å²) in [7, 11) is 0. The second kappa shape index (κ2) is 6.47. The van der Waals surface area contributed by atoms with Gasteiger partial charge >= 0.3 is 11.6 Å². The van der Waals surface area contributed by atoms with Crippen molar-refractivity contribution >= 4 is 5.96 Å². The molecule has 0 amide bonds. The van der Waals surface area contributed by atoms with E-state index in [2.05, 4.69) is 32.1 Å². The smallest absolute Gasteiger partial charge is 0.346 e. The van der Waals surface area contributed by atoms with Gasteiger partial charge in [-0.15, -0.1) is 0 Å². The highest BCUT2D eigenvalue weighted by molar-refractivity contribution is 5.77. The fourth-order valence-electron chi connectivity index (χ4n) is 4.25. The maximum Gasteiger partial charge on any atom is 0.346 e. The number of hydrogen-bond donors (Lipinski definition) is 6. The summed E-state index contributed by atoms with van der Waals surface area (Å²) in [4.78, 5) is 27.5. The number of aromatic nitrogens is 2. The minimum absolute atomic E-state index is 0. The molecule has 1 aromatic rings. The lowest BCUT2D eigenvalue weighted by molar-refractivity contribution is -0.621. The lowest BCUT2D eigenvalue weighted by Crippen LogP contribution is -3.00. The van der Waals surface area contributed by atoms with Crippen LogP contribution in [0.2, 0.25) is 0 Å². The van der Waals surface area contributed by atoms with Gasteiger partial charge in [-0.2, -0.15) is 0 Å². The van der Waals surface area contributed by atoms with Crippen molar-refractivity contribution in [2.75, 3.05) is 6.54 Å². The monoisotopic (exact) mass is 371 g/mol. The van der Waals surface area contributed by atoms with Crippen LogP contribution in [0.25, 0.3) is 0 Å². The number of aromatic amines is 2. The molecule has 138 valence electrons. The number of hydrogen-bond acceptors (Lipinski definition) is 6. The van der Waals surface area contributed by atoms with Gasteiger partial charge in [-0.1, -0.05) is 6.92 Å². The molecule has 0 unspecified atom stereocenters. The van der Waals surface area contributed by atoms with Crippen molar-refractivity contribution < 1.29 is 27.2 Å². The van der Waals surface area contributed by atoms with E-state index in [0.29, 0.717) is 12.8 Å². The molecule has 4 rings (SSSR count). The zero-order valence-corrected chi connectivity index (χ0v) is 14.5. The van der Waals surface area contributed by atoms with E-state index in [9.17, 15) is 19.8 Å². The highest BCUT2D eigenvalue weighted by atomic mass is 35.5. The Labute approximate surface area is 149 Å². The van der Waals surface area contributed by atoms with E-state index < -0.39 is 17.4 Å². The van der Waals surface area contributed by atoms with Crippen molar-refractivity contribution in [3.63, 3.8) is 0 Å². The largest absolute Gasteiger partial charge is 1.00 e. The van der Waals surface area contributed by atoms with Crippen molar-refractivity contribution in [3.8, 4) is 0 Å². The quantitative estimate of drug-likeness (QED) is 0.287. The number of piperidine rings is 1. The molecule has 0 saturated carbocycles. The van der Waals surface area contributed by atoms with E-state index in [1.54, 1.807) is 0 Å². The summed E-state index contributed by atoms with van der Waals surface area (Å²) in [6.45, 7) is 2.81. The second-order valence-corrected chi connectivity index (χ2v) is 6.99. The van der Waals surface area contributed by atoms with Crippen molar-refractivity contribution in [1.29, 1.82) is 0 Å². The molecule has 0 aliphatic carbocycles. The molecule has 1 saturated heterocycles. The van der Waals surface area contributed by atoms with Crippen LogP contribution in [-0.4, -0.2) is 61.5 Å². The van der Waals surface area contributed by atoms with Gasteiger partial charge in [-0.25, -0.2) is 4.79 Å². The number of nitrogens with zero attached hydrogens (tertiary/aromatic N) is 1. The molecule has 3 aliphatic rings. The Morgan fingerprint density at radius 1 is 1.28 bits per heavy atom. The van der Waals surface area contributed by atoms with Crippen LogP contribution < -0.4 is 34.3 Å². The predicted molar refractivity (Wildman–Crippen MR) is 84.8 cm³/mol. The number of H-pyrrole nitrogens is 2. The van der Waals surface area contributed by atoms with E-state index in [1.807, 2.05) is 0 Å². The number of halogens is 1. The summed E-state index contributed by atoms with van der Waals surface area (Å²) in [5.41, 5.74) is -0.990. The molecule has 1 aromatic heterocycles. The first-order valence-electron chi connectivity index (χ1n) is 8.29. The van der Waals surface area contributed by atoms with Crippen LogP contribution in [0.4, 0.5) is 0 Å². The summed E-state index contributed by atoms with van der Waals surface area (Å²) in [5, 5.41) is 27.5. The second-order valence-electron chi connectivity index (χ2n) is 6.99. The molecule has 3 aliphatic heterocycles. The molecule has 0 radical (unpaired) electrons. The molecule has 1 fully saturated rings. The van der Waals surface area contributed by atoms with Crippen LogP contribution in [0, 0.1) is 5.92 Å². The third-order valence-electron chi connectivity index (χ3n) is 5.54. The number of aliphatic hydroxyl groups excluding tert-OH is 2. The van der Waals surface area contributed by atoms with Crippen molar-refractivity contribution in [2.24, 2.45) is 5.92 Å². The van der Waals surface area contributed by atoms with Crippen molar-refractivity contribution in [1.82, 2.24) is 20.6 Å². The summed E-state index contributed by atoms with van der Waals surface area (Å²) in [5.74, 6) is 1.03. The van der Waals surface area contributed by atoms with Crippen molar-refractivity contribution in [2.45, 2.75) is 50.1 Å². The van der Waals surface area contributed by atoms with Crippen LogP contribution >= 0.6 is 0 Å². The van der Waals surface area contributed by atoms with Gasteiger partial charge < -0.3 is 27.6 Å². The van der Waals surface area contributed by atoms with Crippen LogP contribution in [0.1, 0.15) is 31.6 Å². The fraction of sp³-hybridized carbons (Fsp3) is 0.667. The topological polar surface area (TPSA) is 133 Å². The zero-order valence-electron chi connectivity index (χ0n) is 13.7. The Kier molecular flexibility index (Phi) is 4.65. The maximum atomic E-state index is 11.5. The number of nitrogens with one attached hydrogen (secondary N) is 4. The molecule has 0 spiro atoms.